The predicted octanol–water partition coefficient (Wildman–Crippen LogP) is 3.44. The van der Waals surface area contributed by atoms with Crippen LogP contribution < -0.4 is 10.6 Å². The third kappa shape index (κ3) is 4.82. The third-order valence-electron chi connectivity index (χ3n) is 3.17. The largest absolute Gasteiger partial charge is 0.372 e. The van der Waals surface area contributed by atoms with Crippen LogP contribution in [0.1, 0.15) is 44.0 Å². The fourth-order valence-electron chi connectivity index (χ4n) is 1.94. The monoisotopic (exact) mass is 327 g/mol. The van der Waals surface area contributed by atoms with E-state index in [1.54, 1.807) is 19.3 Å². The first-order valence-corrected chi connectivity index (χ1v) is 7.41. The van der Waals surface area contributed by atoms with Gasteiger partial charge in [0.15, 0.2) is 0 Å². The number of aromatic nitrogens is 1. The van der Waals surface area contributed by atoms with Crippen LogP contribution in [-0.2, 0) is 0 Å². The number of amides is 1. The highest BCUT2D eigenvalue weighted by Gasteiger charge is 2.16. The standard InChI is InChI=1S/C14H22BrN3O/c1-5-9(2)6-10(3)18-14(19)12-7-11(15)8-17-13(12)16-4/h7-10H,5-6H2,1-4H3,(H,16,17)(H,18,19). The maximum atomic E-state index is 12.2. The molecule has 106 valence electrons. The predicted molar refractivity (Wildman–Crippen MR) is 82.5 cm³/mol. The molecule has 0 aliphatic rings. The van der Waals surface area contributed by atoms with E-state index in [0.717, 1.165) is 17.3 Å². The first-order valence-electron chi connectivity index (χ1n) is 6.62. The maximum Gasteiger partial charge on any atom is 0.255 e. The highest BCUT2D eigenvalue weighted by Crippen LogP contribution is 2.18. The van der Waals surface area contributed by atoms with Crippen molar-refractivity contribution in [2.24, 2.45) is 5.92 Å². The lowest BCUT2D eigenvalue weighted by molar-refractivity contribution is 0.0936. The van der Waals surface area contributed by atoms with Crippen LogP contribution >= 0.6 is 15.9 Å². The van der Waals surface area contributed by atoms with E-state index < -0.39 is 0 Å². The quantitative estimate of drug-likeness (QED) is 0.841. The molecule has 5 heteroatoms. The number of nitrogens with zero attached hydrogens (tertiary/aromatic N) is 1. The first-order chi connectivity index (χ1) is 8.97. The van der Waals surface area contributed by atoms with Crippen LogP contribution in [0.2, 0.25) is 0 Å². The second kappa shape index (κ2) is 7.48. The average molecular weight is 328 g/mol. The molecule has 19 heavy (non-hydrogen) atoms. The summed E-state index contributed by atoms with van der Waals surface area (Å²) in [5.74, 6) is 1.12. The molecular weight excluding hydrogens is 306 g/mol. The summed E-state index contributed by atoms with van der Waals surface area (Å²) < 4.78 is 0.797. The van der Waals surface area contributed by atoms with Crippen molar-refractivity contribution in [2.45, 2.75) is 39.7 Å². The number of halogens is 1. The van der Waals surface area contributed by atoms with Crippen LogP contribution in [0.5, 0.6) is 0 Å². The van der Waals surface area contributed by atoms with Crippen molar-refractivity contribution in [1.29, 1.82) is 0 Å². The molecule has 0 aliphatic heterocycles. The van der Waals surface area contributed by atoms with Crippen LogP contribution in [0, 0.1) is 5.92 Å². The smallest absolute Gasteiger partial charge is 0.255 e. The normalized spacial score (nSPS) is 13.7. The van der Waals surface area contributed by atoms with E-state index >= 15 is 0 Å². The molecule has 4 nitrogen and oxygen atoms in total. The Balaban J connectivity index is 2.75. The van der Waals surface area contributed by atoms with E-state index in [4.69, 9.17) is 0 Å². The van der Waals surface area contributed by atoms with Gasteiger partial charge in [0.05, 0.1) is 5.56 Å². The van der Waals surface area contributed by atoms with Crippen LogP contribution in [0.25, 0.3) is 0 Å². The van der Waals surface area contributed by atoms with Crippen molar-refractivity contribution >= 4 is 27.7 Å². The summed E-state index contributed by atoms with van der Waals surface area (Å²) >= 11 is 3.34. The summed E-state index contributed by atoms with van der Waals surface area (Å²) in [6.45, 7) is 6.40. The van der Waals surface area contributed by atoms with Gasteiger partial charge in [0, 0.05) is 23.8 Å². The number of carbonyl (C=O) groups is 1. The zero-order valence-electron chi connectivity index (χ0n) is 12.0. The summed E-state index contributed by atoms with van der Waals surface area (Å²) in [5, 5.41) is 5.96. The van der Waals surface area contributed by atoms with E-state index in [1.807, 2.05) is 6.92 Å². The second-order valence-corrected chi connectivity index (χ2v) is 5.84. The Morgan fingerprint density at radius 2 is 2.16 bits per heavy atom. The summed E-state index contributed by atoms with van der Waals surface area (Å²) in [6, 6.07) is 1.94. The molecule has 1 amide bonds. The molecule has 0 spiro atoms. The number of carbonyl (C=O) groups excluding carboxylic acids is 1. The number of hydrogen-bond acceptors (Lipinski definition) is 3. The van der Waals surface area contributed by atoms with E-state index in [-0.39, 0.29) is 11.9 Å². The molecular formula is C14H22BrN3O. The lowest BCUT2D eigenvalue weighted by Crippen LogP contribution is -2.34. The van der Waals surface area contributed by atoms with E-state index in [9.17, 15) is 4.79 Å². The molecule has 0 radical (unpaired) electrons. The zero-order valence-corrected chi connectivity index (χ0v) is 13.5. The molecule has 2 unspecified atom stereocenters. The highest BCUT2D eigenvalue weighted by molar-refractivity contribution is 9.10. The van der Waals surface area contributed by atoms with Crippen molar-refractivity contribution in [2.75, 3.05) is 12.4 Å². The fraction of sp³-hybridized carbons (Fsp3) is 0.571. The zero-order chi connectivity index (χ0) is 14.4. The van der Waals surface area contributed by atoms with Gasteiger partial charge in [-0.25, -0.2) is 4.98 Å². The van der Waals surface area contributed by atoms with Crippen molar-refractivity contribution in [3.63, 3.8) is 0 Å². The van der Waals surface area contributed by atoms with Gasteiger partial charge in [0.25, 0.3) is 5.91 Å². The SMILES string of the molecule is CCC(C)CC(C)NC(=O)c1cc(Br)cnc1NC. The highest BCUT2D eigenvalue weighted by atomic mass is 79.9. The van der Waals surface area contributed by atoms with Crippen molar-refractivity contribution in [3.05, 3.63) is 22.3 Å². The minimum absolute atomic E-state index is 0.0889. The fourth-order valence-corrected chi connectivity index (χ4v) is 2.27. The lowest BCUT2D eigenvalue weighted by Gasteiger charge is -2.18. The van der Waals surface area contributed by atoms with E-state index in [2.05, 4.69) is 45.4 Å². The number of nitrogens with one attached hydrogen (secondary N) is 2. The topological polar surface area (TPSA) is 54.0 Å². The second-order valence-electron chi connectivity index (χ2n) is 4.92. The molecule has 1 aromatic heterocycles. The van der Waals surface area contributed by atoms with Crippen LogP contribution in [0.15, 0.2) is 16.7 Å². The molecule has 0 bridgehead atoms. The summed E-state index contributed by atoms with van der Waals surface area (Å²) in [7, 11) is 1.76. The Labute approximate surface area is 123 Å². The molecule has 0 aromatic carbocycles. The van der Waals surface area contributed by atoms with Gasteiger partial charge < -0.3 is 10.6 Å². The Kier molecular flexibility index (Phi) is 6.28. The van der Waals surface area contributed by atoms with Gasteiger partial charge in [-0.1, -0.05) is 20.3 Å². The molecule has 2 N–H and O–H groups in total. The van der Waals surface area contributed by atoms with Crippen LogP contribution in [0.4, 0.5) is 5.82 Å². The van der Waals surface area contributed by atoms with Crippen molar-refractivity contribution in [1.82, 2.24) is 10.3 Å². The molecule has 1 rings (SSSR count). The minimum atomic E-state index is -0.0889. The Bertz CT molecular complexity index is 437. The van der Waals surface area contributed by atoms with Gasteiger partial charge >= 0.3 is 0 Å². The third-order valence-corrected chi connectivity index (χ3v) is 3.60. The van der Waals surface area contributed by atoms with Crippen molar-refractivity contribution in [3.8, 4) is 0 Å². The molecule has 0 fully saturated rings. The first kappa shape index (κ1) is 16.0. The Hall–Kier alpha value is -1.10. The van der Waals surface area contributed by atoms with Gasteiger partial charge in [-0.15, -0.1) is 0 Å². The summed E-state index contributed by atoms with van der Waals surface area (Å²) in [6.07, 6.45) is 3.78. The Morgan fingerprint density at radius 1 is 1.47 bits per heavy atom. The number of anilines is 1. The van der Waals surface area contributed by atoms with Gasteiger partial charge in [-0.05, 0) is 41.3 Å². The maximum absolute atomic E-state index is 12.2. The molecule has 1 heterocycles. The molecule has 0 saturated carbocycles. The molecule has 0 aliphatic carbocycles. The van der Waals surface area contributed by atoms with Gasteiger partial charge in [-0.2, -0.15) is 0 Å². The Morgan fingerprint density at radius 3 is 2.74 bits per heavy atom. The lowest BCUT2D eigenvalue weighted by atomic mass is 10.0. The van der Waals surface area contributed by atoms with E-state index in [1.165, 1.54) is 0 Å². The number of hydrogen-bond donors (Lipinski definition) is 2. The van der Waals surface area contributed by atoms with Crippen LogP contribution in [-0.4, -0.2) is 24.0 Å². The average Bonchev–Trinajstić information content (AvgIpc) is 2.38. The van der Waals surface area contributed by atoms with Gasteiger partial charge in [0.1, 0.15) is 5.82 Å². The van der Waals surface area contributed by atoms with Gasteiger partial charge in [0.2, 0.25) is 0 Å². The number of rotatable bonds is 6. The summed E-state index contributed by atoms with van der Waals surface area (Å²) in [5.41, 5.74) is 0.563. The molecule has 2 atom stereocenters. The van der Waals surface area contributed by atoms with Gasteiger partial charge in [-0.3, -0.25) is 4.79 Å². The molecule has 1 aromatic rings. The minimum Gasteiger partial charge on any atom is -0.372 e. The molecule has 0 saturated heterocycles. The van der Waals surface area contributed by atoms with Crippen molar-refractivity contribution < 1.29 is 4.79 Å². The number of pyridine rings is 1. The van der Waals surface area contributed by atoms with Crippen LogP contribution in [0.3, 0.4) is 0 Å². The summed E-state index contributed by atoms with van der Waals surface area (Å²) in [4.78, 5) is 16.4. The van der Waals surface area contributed by atoms with E-state index in [0.29, 0.717) is 17.3 Å².